The smallest absolute Gasteiger partial charge is 0.328 e. The van der Waals surface area contributed by atoms with Crippen LogP contribution >= 0.6 is 0 Å². The Morgan fingerprint density at radius 3 is 2.84 bits per heavy atom. The van der Waals surface area contributed by atoms with Gasteiger partial charge in [0, 0.05) is 19.7 Å². The highest BCUT2D eigenvalue weighted by Gasteiger charge is 2.56. The number of urea groups is 1. The van der Waals surface area contributed by atoms with E-state index in [1.807, 2.05) is 12.1 Å². The van der Waals surface area contributed by atoms with E-state index in [4.69, 9.17) is 4.99 Å². The molecule has 25 heavy (non-hydrogen) atoms. The number of pyridine rings is 1. The van der Waals surface area contributed by atoms with Crippen molar-refractivity contribution in [2.24, 2.45) is 4.99 Å². The molecule has 1 aliphatic carbocycles. The van der Waals surface area contributed by atoms with E-state index >= 15 is 0 Å². The van der Waals surface area contributed by atoms with Gasteiger partial charge in [-0.25, -0.2) is 4.79 Å². The first-order chi connectivity index (χ1) is 12.1. The fourth-order valence-corrected chi connectivity index (χ4v) is 4.23. The van der Waals surface area contributed by atoms with E-state index in [0.29, 0.717) is 19.5 Å². The van der Waals surface area contributed by atoms with Crippen molar-refractivity contribution in [2.75, 3.05) is 18.0 Å². The van der Waals surface area contributed by atoms with E-state index < -0.39 is 5.54 Å². The number of nitrogens with one attached hydrogen (secondary N) is 1. The van der Waals surface area contributed by atoms with Gasteiger partial charge in [0.25, 0.3) is 0 Å². The number of carbonyl (C=O) groups is 2. The van der Waals surface area contributed by atoms with Gasteiger partial charge in [-0.1, -0.05) is 12.8 Å². The summed E-state index contributed by atoms with van der Waals surface area (Å²) >= 11 is 0. The number of amides is 3. The number of rotatable bonds is 2. The summed E-state index contributed by atoms with van der Waals surface area (Å²) in [6, 6.07) is 3.78. The lowest BCUT2D eigenvalue weighted by Crippen LogP contribution is -2.52. The topological polar surface area (TPSA) is 77.9 Å². The van der Waals surface area contributed by atoms with E-state index in [9.17, 15) is 9.59 Å². The quantitative estimate of drug-likeness (QED) is 0.893. The van der Waals surface area contributed by atoms with Crippen molar-refractivity contribution in [1.82, 2.24) is 15.2 Å². The van der Waals surface area contributed by atoms with Crippen LogP contribution in [-0.4, -0.2) is 52.3 Å². The van der Waals surface area contributed by atoms with Crippen molar-refractivity contribution in [3.8, 4) is 0 Å². The Bertz CT molecular complexity index is 713. The van der Waals surface area contributed by atoms with Gasteiger partial charge in [0.2, 0.25) is 5.91 Å². The molecule has 0 aromatic carbocycles. The van der Waals surface area contributed by atoms with Gasteiger partial charge in [-0.2, -0.15) is 0 Å². The van der Waals surface area contributed by atoms with Crippen LogP contribution in [0.15, 0.2) is 29.5 Å². The van der Waals surface area contributed by atoms with Crippen molar-refractivity contribution in [3.05, 3.63) is 24.5 Å². The van der Waals surface area contributed by atoms with Gasteiger partial charge in [-0.15, -0.1) is 0 Å². The summed E-state index contributed by atoms with van der Waals surface area (Å²) in [5, 5.41) is 2.99. The minimum atomic E-state index is -0.603. The van der Waals surface area contributed by atoms with Crippen molar-refractivity contribution in [1.29, 1.82) is 0 Å². The second kappa shape index (κ2) is 6.13. The predicted octanol–water partition coefficient (Wildman–Crippen LogP) is 1.94. The molecule has 2 aliphatic heterocycles. The molecule has 3 fully saturated rings. The molecule has 7 nitrogen and oxygen atoms in total. The molecule has 3 aliphatic rings. The molecule has 0 radical (unpaired) electrons. The van der Waals surface area contributed by atoms with E-state index in [2.05, 4.69) is 10.3 Å². The number of likely N-dealkylation sites (tertiary alicyclic amines) is 1. The molecule has 1 atom stereocenters. The highest BCUT2D eigenvalue weighted by atomic mass is 16.2. The van der Waals surface area contributed by atoms with Crippen LogP contribution in [0.3, 0.4) is 0 Å². The maximum absolute atomic E-state index is 12.8. The van der Waals surface area contributed by atoms with Crippen molar-refractivity contribution < 1.29 is 9.59 Å². The van der Waals surface area contributed by atoms with Crippen LogP contribution < -0.4 is 10.2 Å². The summed E-state index contributed by atoms with van der Waals surface area (Å²) in [6.45, 7) is 2.68. The molecule has 3 heterocycles. The van der Waals surface area contributed by atoms with Crippen LogP contribution in [0.1, 0.15) is 39.0 Å². The SMILES string of the molecule is CC(=O)N1CCC2(C1)C(=NC1CCCC1)NC(=O)N2c1cccnc1. The first-order valence-corrected chi connectivity index (χ1v) is 8.95. The molecule has 0 bridgehead atoms. The molecule has 132 valence electrons. The van der Waals surface area contributed by atoms with Crippen molar-refractivity contribution >= 4 is 23.5 Å². The fourth-order valence-electron chi connectivity index (χ4n) is 4.23. The van der Waals surface area contributed by atoms with Gasteiger partial charge in [0.05, 0.1) is 24.5 Å². The van der Waals surface area contributed by atoms with Crippen LogP contribution in [-0.2, 0) is 4.79 Å². The Labute approximate surface area is 147 Å². The largest absolute Gasteiger partial charge is 0.340 e. The van der Waals surface area contributed by atoms with Gasteiger partial charge in [0.1, 0.15) is 11.4 Å². The maximum atomic E-state index is 12.8. The highest BCUT2D eigenvalue weighted by molar-refractivity contribution is 6.19. The van der Waals surface area contributed by atoms with Gasteiger partial charge in [-0.3, -0.25) is 25.0 Å². The van der Waals surface area contributed by atoms with E-state index in [1.54, 1.807) is 29.1 Å². The van der Waals surface area contributed by atoms with E-state index in [-0.39, 0.29) is 18.0 Å². The van der Waals surface area contributed by atoms with Gasteiger partial charge < -0.3 is 4.90 Å². The molecule has 1 aromatic rings. The lowest BCUT2D eigenvalue weighted by Gasteiger charge is -2.33. The fraction of sp³-hybridized carbons (Fsp3) is 0.556. The number of carbonyl (C=O) groups excluding carboxylic acids is 2. The zero-order chi connectivity index (χ0) is 17.4. The highest BCUT2D eigenvalue weighted by Crippen LogP contribution is 2.37. The number of aliphatic imine (C=N–C) groups is 1. The average Bonchev–Trinajstić information content (AvgIpc) is 3.31. The van der Waals surface area contributed by atoms with Crippen molar-refractivity contribution in [3.63, 3.8) is 0 Å². The molecule has 1 aromatic heterocycles. The lowest BCUT2D eigenvalue weighted by atomic mass is 9.95. The number of hydrogen-bond donors (Lipinski definition) is 1. The van der Waals surface area contributed by atoms with Crippen LogP contribution in [0.4, 0.5) is 10.5 Å². The number of aromatic nitrogens is 1. The lowest BCUT2D eigenvalue weighted by molar-refractivity contribution is -0.127. The van der Waals surface area contributed by atoms with Gasteiger partial charge in [-0.05, 0) is 31.4 Å². The molecule has 7 heteroatoms. The first-order valence-electron chi connectivity index (χ1n) is 8.95. The standard InChI is InChI=1S/C18H23N5O2/c1-13(24)22-10-8-18(12-22)16(20-14-5-2-3-6-14)21-17(25)23(18)15-7-4-9-19-11-15/h4,7,9,11,14H,2-3,5-6,8,10,12H2,1H3,(H,20,21,25). The average molecular weight is 341 g/mol. The second-order valence-electron chi connectivity index (χ2n) is 7.11. The maximum Gasteiger partial charge on any atom is 0.328 e. The van der Waals surface area contributed by atoms with Crippen LogP contribution in [0.25, 0.3) is 0 Å². The zero-order valence-electron chi connectivity index (χ0n) is 14.4. The second-order valence-corrected chi connectivity index (χ2v) is 7.11. The molecule has 2 saturated heterocycles. The van der Waals surface area contributed by atoms with Crippen molar-refractivity contribution in [2.45, 2.75) is 50.6 Å². The summed E-state index contributed by atoms with van der Waals surface area (Å²) in [7, 11) is 0. The summed E-state index contributed by atoms with van der Waals surface area (Å²) in [5.74, 6) is 0.750. The van der Waals surface area contributed by atoms with Crippen LogP contribution in [0.5, 0.6) is 0 Å². The molecule has 1 N–H and O–H groups in total. The summed E-state index contributed by atoms with van der Waals surface area (Å²) in [4.78, 5) is 37.3. The molecular weight excluding hydrogens is 318 g/mol. The Morgan fingerprint density at radius 2 is 2.20 bits per heavy atom. The summed E-state index contributed by atoms with van der Waals surface area (Å²) in [6.07, 6.45) is 8.58. The van der Waals surface area contributed by atoms with Crippen LogP contribution in [0.2, 0.25) is 0 Å². The summed E-state index contributed by atoms with van der Waals surface area (Å²) in [5.41, 5.74) is 0.135. The minimum Gasteiger partial charge on any atom is -0.340 e. The Hall–Kier alpha value is -2.44. The molecule has 3 amide bonds. The number of amidine groups is 1. The number of anilines is 1. The third-order valence-corrected chi connectivity index (χ3v) is 5.53. The predicted molar refractivity (Wildman–Crippen MR) is 94.5 cm³/mol. The Kier molecular flexibility index (Phi) is 3.94. The monoisotopic (exact) mass is 341 g/mol. The molecule has 1 saturated carbocycles. The normalized spacial score (nSPS) is 28.4. The summed E-state index contributed by atoms with van der Waals surface area (Å²) < 4.78 is 0. The molecule has 4 rings (SSSR count). The van der Waals surface area contributed by atoms with Gasteiger partial charge in [0.15, 0.2) is 0 Å². The Balaban J connectivity index is 1.75. The van der Waals surface area contributed by atoms with E-state index in [0.717, 1.165) is 24.4 Å². The Morgan fingerprint density at radius 1 is 1.40 bits per heavy atom. The number of hydrogen-bond acceptors (Lipinski definition) is 4. The molecule has 1 unspecified atom stereocenters. The minimum absolute atomic E-state index is 0.0302. The zero-order valence-corrected chi connectivity index (χ0v) is 14.4. The molecule has 1 spiro atoms. The third kappa shape index (κ3) is 2.67. The first kappa shape index (κ1) is 16.1. The molecular formula is C18H23N5O2. The van der Waals surface area contributed by atoms with E-state index in [1.165, 1.54) is 12.8 Å². The van der Waals surface area contributed by atoms with Crippen LogP contribution in [0, 0.1) is 0 Å². The third-order valence-electron chi connectivity index (χ3n) is 5.53. The van der Waals surface area contributed by atoms with Gasteiger partial charge >= 0.3 is 6.03 Å². The number of nitrogens with zero attached hydrogens (tertiary/aromatic N) is 4.